The van der Waals surface area contributed by atoms with E-state index in [0.717, 1.165) is 24.8 Å². The molecule has 112 valence electrons. The minimum Gasteiger partial charge on any atom is -0.481 e. The number of carboxylic acids is 1. The van der Waals surface area contributed by atoms with Crippen LogP contribution in [-0.4, -0.2) is 35.0 Å². The van der Waals surface area contributed by atoms with Gasteiger partial charge in [0.1, 0.15) is 0 Å². The van der Waals surface area contributed by atoms with E-state index in [2.05, 4.69) is 0 Å². The molecule has 2 atom stereocenters. The van der Waals surface area contributed by atoms with Gasteiger partial charge in [0.25, 0.3) is 0 Å². The standard InChI is InChI=1S/C17H21NO3/c1-17(8-5-9-17)16(21)18-10-13(14(11-18)15(19)20)12-6-3-2-4-7-12/h2-4,6-7,13-14H,5,8-11H2,1H3,(H,19,20)/t13-,14-/m0/s1. The number of carboxylic acid groups (broad SMARTS) is 1. The van der Waals surface area contributed by atoms with Crippen molar-refractivity contribution in [2.75, 3.05) is 13.1 Å². The molecule has 4 heteroatoms. The van der Waals surface area contributed by atoms with Crippen LogP contribution in [0.4, 0.5) is 0 Å². The van der Waals surface area contributed by atoms with Crippen molar-refractivity contribution < 1.29 is 14.7 Å². The lowest BCUT2D eigenvalue weighted by molar-refractivity contribution is -0.146. The Bertz CT molecular complexity index is 550. The zero-order chi connectivity index (χ0) is 15.0. The summed E-state index contributed by atoms with van der Waals surface area (Å²) in [4.78, 5) is 25.9. The molecule has 0 radical (unpaired) electrons. The van der Waals surface area contributed by atoms with Crippen molar-refractivity contribution in [3.05, 3.63) is 35.9 Å². The Hall–Kier alpha value is -1.84. The second-order valence-electron chi connectivity index (χ2n) is 6.59. The van der Waals surface area contributed by atoms with Gasteiger partial charge in [-0.2, -0.15) is 0 Å². The van der Waals surface area contributed by atoms with E-state index in [1.165, 1.54) is 0 Å². The first-order chi connectivity index (χ1) is 10.0. The number of amides is 1. The molecule has 0 aromatic heterocycles. The third kappa shape index (κ3) is 2.43. The highest BCUT2D eigenvalue weighted by atomic mass is 16.4. The SMILES string of the molecule is CC1(C(=O)N2C[C@H](C(=O)O)[C@H](c3ccccc3)C2)CCC1. The van der Waals surface area contributed by atoms with Crippen LogP contribution in [0, 0.1) is 11.3 Å². The first-order valence-electron chi connectivity index (χ1n) is 7.58. The highest BCUT2D eigenvalue weighted by Gasteiger charge is 2.47. The number of likely N-dealkylation sites (tertiary alicyclic amines) is 1. The topological polar surface area (TPSA) is 57.6 Å². The average Bonchev–Trinajstić information content (AvgIpc) is 2.90. The molecule has 21 heavy (non-hydrogen) atoms. The van der Waals surface area contributed by atoms with Crippen molar-refractivity contribution in [3.8, 4) is 0 Å². The maximum absolute atomic E-state index is 12.6. The summed E-state index contributed by atoms with van der Waals surface area (Å²) in [5.41, 5.74) is 0.758. The normalized spacial score (nSPS) is 27.2. The smallest absolute Gasteiger partial charge is 0.308 e. The number of carbonyl (C=O) groups is 2. The summed E-state index contributed by atoms with van der Waals surface area (Å²) in [6.45, 7) is 2.86. The number of benzene rings is 1. The van der Waals surface area contributed by atoms with Crippen molar-refractivity contribution in [2.24, 2.45) is 11.3 Å². The fourth-order valence-corrected chi connectivity index (χ4v) is 3.56. The fourth-order valence-electron chi connectivity index (χ4n) is 3.56. The van der Waals surface area contributed by atoms with Gasteiger partial charge in [0.05, 0.1) is 5.92 Å². The van der Waals surface area contributed by atoms with Crippen LogP contribution >= 0.6 is 0 Å². The number of nitrogens with zero attached hydrogens (tertiary/aromatic N) is 1. The minimum absolute atomic E-state index is 0.101. The predicted molar refractivity (Wildman–Crippen MR) is 78.8 cm³/mol. The van der Waals surface area contributed by atoms with E-state index < -0.39 is 11.9 Å². The maximum Gasteiger partial charge on any atom is 0.308 e. The van der Waals surface area contributed by atoms with Crippen LogP contribution in [0.15, 0.2) is 30.3 Å². The summed E-state index contributed by atoms with van der Waals surface area (Å²) in [7, 11) is 0. The highest BCUT2D eigenvalue weighted by Crippen LogP contribution is 2.44. The third-order valence-corrected chi connectivity index (χ3v) is 5.13. The quantitative estimate of drug-likeness (QED) is 0.929. The average molecular weight is 287 g/mol. The highest BCUT2D eigenvalue weighted by molar-refractivity contribution is 5.85. The molecule has 1 heterocycles. The Kier molecular flexibility index (Phi) is 3.47. The van der Waals surface area contributed by atoms with E-state index in [1.807, 2.05) is 37.3 Å². The Morgan fingerprint density at radius 3 is 2.38 bits per heavy atom. The molecule has 0 bridgehead atoms. The van der Waals surface area contributed by atoms with Crippen LogP contribution in [0.5, 0.6) is 0 Å². The van der Waals surface area contributed by atoms with Crippen LogP contribution in [0.1, 0.15) is 37.7 Å². The fraction of sp³-hybridized carbons (Fsp3) is 0.529. The summed E-state index contributed by atoms with van der Waals surface area (Å²) in [6, 6.07) is 9.68. The molecule has 1 aromatic carbocycles. The van der Waals surface area contributed by atoms with Crippen molar-refractivity contribution in [1.82, 2.24) is 4.90 Å². The van der Waals surface area contributed by atoms with Crippen molar-refractivity contribution in [3.63, 3.8) is 0 Å². The molecule has 1 saturated carbocycles. The van der Waals surface area contributed by atoms with Gasteiger partial charge in [-0.05, 0) is 18.4 Å². The Balaban J connectivity index is 1.81. The van der Waals surface area contributed by atoms with Gasteiger partial charge in [-0.15, -0.1) is 0 Å². The van der Waals surface area contributed by atoms with E-state index in [-0.39, 0.29) is 17.2 Å². The molecule has 4 nitrogen and oxygen atoms in total. The number of carbonyl (C=O) groups excluding carboxylic acids is 1. The van der Waals surface area contributed by atoms with Gasteiger partial charge in [0.2, 0.25) is 5.91 Å². The van der Waals surface area contributed by atoms with E-state index >= 15 is 0 Å². The first-order valence-corrected chi connectivity index (χ1v) is 7.58. The van der Waals surface area contributed by atoms with Gasteiger partial charge in [-0.1, -0.05) is 43.7 Å². The molecule has 1 amide bonds. The molecule has 3 rings (SSSR count). The lowest BCUT2D eigenvalue weighted by Gasteiger charge is -2.39. The van der Waals surface area contributed by atoms with Crippen LogP contribution < -0.4 is 0 Å². The molecule has 1 aliphatic carbocycles. The zero-order valence-electron chi connectivity index (χ0n) is 12.3. The first kappa shape index (κ1) is 14.1. The summed E-state index contributed by atoms with van der Waals surface area (Å²) in [5.74, 6) is -1.27. The van der Waals surface area contributed by atoms with E-state index in [0.29, 0.717) is 13.1 Å². The lowest BCUT2D eigenvalue weighted by atomic mass is 9.69. The monoisotopic (exact) mass is 287 g/mol. The molecule has 0 spiro atoms. The third-order valence-electron chi connectivity index (χ3n) is 5.13. The Morgan fingerprint density at radius 1 is 1.19 bits per heavy atom. The molecule has 0 unspecified atom stereocenters. The Labute approximate surface area is 124 Å². The minimum atomic E-state index is -0.807. The van der Waals surface area contributed by atoms with Gasteiger partial charge >= 0.3 is 5.97 Å². The second kappa shape index (κ2) is 5.17. The summed E-state index contributed by atoms with van der Waals surface area (Å²) in [6.07, 6.45) is 2.95. The van der Waals surface area contributed by atoms with Crippen molar-refractivity contribution in [2.45, 2.75) is 32.1 Å². The lowest BCUT2D eigenvalue weighted by Crippen LogP contribution is -2.45. The molecular weight excluding hydrogens is 266 g/mol. The number of hydrogen-bond donors (Lipinski definition) is 1. The van der Waals surface area contributed by atoms with Crippen molar-refractivity contribution in [1.29, 1.82) is 0 Å². The van der Waals surface area contributed by atoms with Crippen molar-refractivity contribution >= 4 is 11.9 Å². The molecule has 1 saturated heterocycles. The molecule has 1 aromatic rings. The van der Waals surface area contributed by atoms with E-state index in [1.54, 1.807) is 4.90 Å². The summed E-state index contributed by atoms with van der Waals surface area (Å²) >= 11 is 0. The largest absolute Gasteiger partial charge is 0.481 e. The summed E-state index contributed by atoms with van der Waals surface area (Å²) < 4.78 is 0. The number of rotatable bonds is 3. The Morgan fingerprint density at radius 2 is 1.86 bits per heavy atom. The molecule has 2 fully saturated rings. The van der Waals surface area contributed by atoms with Gasteiger partial charge in [0, 0.05) is 24.4 Å². The van der Waals surface area contributed by atoms with Gasteiger partial charge in [0.15, 0.2) is 0 Å². The molecule has 1 aliphatic heterocycles. The van der Waals surface area contributed by atoms with Gasteiger partial charge in [-0.25, -0.2) is 0 Å². The zero-order valence-corrected chi connectivity index (χ0v) is 12.3. The second-order valence-corrected chi connectivity index (χ2v) is 6.59. The van der Waals surface area contributed by atoms with Crippen LogP contribution in [0.2, 0.25) is 0 Å². The van der Waals surface area contributed by atoms with Crippen LogP contribution in [0.3, 0.4) is 0 Å². The molecular formula is C17H21NO3. The van der Waals surface area contributed by atoms with Gasteiger partial charge in [-0.3, -0.25) is 9.59 Å². The molecule has 2 aliphatic rings. The van der Waals surface area contributed by atoms with E-state index in [9.17, 15) is 14.7 Å². The number of hydrogen-bond acceptors (Lipinski definition) is 2. The predicted octanol–water partition coefficient (Wildman–Crippen LogP) is 2.50. The number of aliphatic carboxylic acids is 1. The van der Waals surface area contributed by atoms with Gasteiger partial charge < -0.3 is 10.0 Å². The van der Waals surface area contributed by atoms with Crippen LogP contribution in [0.25, 0.3) is 0 Å². The summed E-state index contributed by atoms with van der Waals surface area (Å²) in [5, 5.41) is 9.48. The maximum atomic E-state index is 12.6. The molecule has 1 N–H and O–H groups in total. The van der Waals surface area contributed by atoms with Crippen LogP contribution in [-0.2, 0) is 9.59 Å². The van der Waals surface area contributed by atoms with E-state index in [4.69, 9.17) is 0 Å².